The van der Waals surface area contributed by atoms with Crippen molar-refractivity contribution in [3.63, 3.8) is 0 Å². The van der Waals surface area contributed by atoms with Gasteiger partial charge in [-0.25, -0.2) is 0 Å². The Morgan fingerprint density at radius 2 is 0.964 bits per heavy atom. The van der Waals surface area contributed by atoms with Crippen LogP contribution in [0.1, 0.15) is 25.0 Å². The summed E-state index contributed by atoms with van der Waals surface area (Å²) in [7, 11) is 0. The molecule has 0 bridgehead atoms. The lowest BCUT2D eigenvalue weighted by Gasteiger charge is -2.30. The second kappa shape index (κ2) is 12.1. The van der Waals surface area contributed by atoms with Crippen LogP contribution >= 0.6 is 0 Å². The van der Waals surface area contributed by atoms with E-state index < -0.39 is 0 Å². The van der Waals surface area contributed by atoms with E-state index in [1.54, 1.807) is 0 Å². The van der Waals surface area contributed by atoms with E-state index in [2.05, 4.69) is 207 Å². The monoisotopic (exact) mass is 703 g/mol. The van der Waals surface area contributed by atoms with Crippen molar-refractivity contribution in [1.82, 2.24) is 0 Å². The maximum atomic E-state index is 7.30. The Morgan fingerprint density at radius 1 is 0.382 bits per heavy atom. The van der Waals surface area contributed by atoms with E-state index in [0.717, 1.165) is 55.5 Å². The van der Waals surface area contributed by atoms with Crippen molar-refractivity contribution < 1.29 is 4.42 Å². The van der Waals surface area contributed by atoms with Gasteiger partial charge in [-0.1, -0.05) is 166 Å². The Bertz CT molecular complexity index is 3120. The predicted octanol–water partition coefficient (Wildman–Crippen LogP) is 15.0. The maximum absolute atomic E-state index is 7.30. The zero-order chi connectivity index (χ0) is 36.7. The lowest BCUT2D eigenvalue weighted by molar-refractivity contribution is 0.660. The number of hydrogen-bond acceptors (Lipinski definition) is 2. The molecule has 9 aromatic carbocycles. The Morgan fingerprint density at radius 3 is 1.76 bits per heavy atom. The molecule has 1 aliphatic carbocycles. The summed E-state index contributed by atoms with van der Waals surface area (Å²) >= 11 is 0. The molecule has 0 amide bonds. The topological polar surface area (TPSA) is 16.4 Å². The number of rotatable bonds is 5. The number of benzene rings is 9. The highest BCUT2D eigenvalue weighted by Gasteiger charge is 2.36. The molecule has 260 valence electrons. The first-order valence-corrected chi connectivity index (χ1v) is 19.1. The van der Waals surface area contributed by atoms with E-state index in [-0.39, 0.29) is 5.41 Å². The van der Waals surface area contributed by atoms with Crippen molar-refractivity contribution in [2.24, 2.45) is 0 Å². The summed E-state index contributed by atoms with van der Waals surface area (Å²) in [4.78, 5) is 2.44. The van der Waals surface area contributed by atoms with Gasteiger partial charge in [0, 0.05) is 38.5 Å². The van der Waals surface area contributed by atoms with Gasteiger partial charge in [0.2, 0.25) is 0 Å². The van der Waals surface area contributed by atoms with Crippen molar-refractivity contribution in [2.75, 3.05) is 4.90 Å². The van der Waals surface area contributed by atoms with Crippen molar-refractivity contribution in [3.8, 4) is 33.4 Å². The summed E-state index contributed by atoms with van der Waals surface area (Å²) in [5, 5.41) is 6.88. The molecule has 1 heterocycles. The number of furan rings is 1. The van der Waals surface area contributed by atoms with Gasteiger partial charge < -0.3 is 9.32 Å². The zero-order valence-electron chi connectivity index (χ0n) is 30.8. The molecule has 2 nitrogen and oxygen atoms in total. The summed E-state index contributed by atoms with van der Waals surface area (Å²) < 4.78 is 7.30. The van der Waals surface area contributed by atoms with Crippen LogP contribution in [0, 0.1) is 0 Å². The van der Waals surface area contributed by atoms with E-state index >= 15 is 0 Å². The molecule has 0 saturated carbocycles. The van der Waals surface area contributed by atoms with Crippen LogP contribution in [0.25, 0.3) is 76.9 Å². The van der Waals surface area contributed by atoms with Crippen LogP contribution in [-0.2, 0) is 5.41 Å². The standard InChI is InChI=1S/C53H37NO/c1-53(2)48-24-14-13-22-42(48)43-28-27-39(32-49(43)53)54(38-26-25-34-15-9-10-20-37(34)31-38)50-40(35-16-5-3-6-17-35)29-30-45-47-33-46(36-18-7-4-8-19-36)41-21-11-12-23-44(41)51(47)55-52(45)50/h3-33H,1-2H3. The van der Waals surface area contributed by atoms with Gasteiger partial charge in [0.15, 0.2) is 5.58 Å². The minimum absolute atomic E-state index is 0.155. The van der Waals surface area contributed by atoms with Crippen LogP contribution in [0.5, 0.6) is 0 Å². The number of fused-ring (bicyclic) bond motifs is 9. The third-order valence-electron chi connectivity index (χ3n) is 11.8. The fourth-order valence-corrected chi connectivity index (χ4v) is 9.13. The Hall–Kier alpha value is -6.90. The largest absolute Gasteiger partial charge is 0.453 e. The highest BCUT2D eigenvalue weighted by atomic mass is 16.3. The lowest BCUT2D eigenvalue weighted by atomic mass is 9.82. The zero-order valence-corrected chi connectivity index (χ0v) is 30.8. The van der Waals surface area contributed by atoms with Crippen molar-refractivity contribution in [2.45, 2.75) is 19.3 Å². The highest BCUT2D eigenvalue weighted by molar-refractivity contribution is 6.22. The second-order valence-corrected chi connectivity index (χ2v) is 15.3. The Kier molecular flexibility index (Phi) is 6.93. The molecule has 0 spiro atoms. The third-order valence-corrected chi connectivity index (χ3v) is 11.8. The number of hydrogen-bond donors (Lipinski definition) is 0. The van der Waals surface area contributed by atoms with Gasteiger partial charge in [-0.2, -0.15) is 0 Å². The van der Waals surface area contributed by atoms with Crippen molar-refractivity contribution >= 4 is 60.5 Å². The van der Waals surface area contributed by atoms with Crippen LogP contribution in [0.4, 0.5) is 17.1 Å². The second-order valence-electron chi connectivity index (χ2n) is 15.3. The smallest absolute Gasteiger partial charge is 0.160 e. The molecule has 0 radical (unpaired) electrons. The number of nitrogens with zero attached hydrogens (tertiary/aromatic N) is 1. The molecular weight excluding hydrogens is 667 g/mol. The summed E-state index contributed by atoms with van der Waals surface area (Å²) in [5.74, 6) is 0. The minimum Gasteiger partial charge on any atom is -0.453 e. The van der Waals surface area contributed by atoms with Gasteiger partial charge in [0.25, 0.3) is 0 Å². The molecule has 0 N–H and O–H groups in total. The average molecular weight is 704 g/mol. The van der Waals surface area contributed by atoms with E-state index in [1.807, 2.05) is 0 Å². The van der Waals surface area contributed by atoms with E-state index in [4.69, 9.17) is 4.42 Å². The van der Waals surface area contributed by atoms with Crippen LogP contribution < -0.4 is 4.90 Å². The molecule has 11 rings (SSSR count). The van der Waals surface area contributed by atoms with Gasteiger partial charge in [-0.3, -0.25) is 0 Å². The molecule has 0 unspecified atom stereocenters. The fourth-order valence-electron chi connectivity index (χ4n) is 9.13. The normalized spacial score (nSPS) is 13.1. The molecule has 0 atom stereocenters. The predicted molar refractivity (Wildman–Crippen MR) is 232 cm³/mol. The SMILES string of the molecule is CC1(C)c2ccccc2-c2ccc(N(c3ccc4ccccc4c3)c3c(-c4ccccc4)ccc4c3oc3c5ccccc5c(-c5ccccc5)cc43)cc21. The molecule has 1 aromatic heterocycles. The van der Waals surface area contributed by atoms with Crippen molar-refractivity contribution in [1.29, 1.82) is 0 Å². The molecule has 2 heteroatoms. The first kappa shape index (κ1) is 31.6. The average Bonchev–Trinajstić information content (AvgIpc) is 3.73. The Labute approximate surface area is 320 Å². The van der Waals surface area contributed by atoms with Crippen LogP contribution in [0.2, 0.25) is 0 Å². The summed E-state index contributed by atoms with van der Waals surface area (Å²) in [6.07, 6.45) is 0. The molecule has 0 aliphatic heterocycles. The molecule has 55 heavy (non-hydrogen) atoms. The minimum atomic E-state index is -0.155. The van der Waals surface area contributed by atoms with Crippen LogP contribution in [-0.4, -0.2) is 0 Å². The Balaban J connectivity index is 1.26. The lowest BCUT2D eigenvalue weighted by Crippen LogP contribution is -2.17. The van der Waals surface area contributed by atoms with Crippen molar-refractivity contribution in [3.05, 3.63) is 199 Å². The first-order valence-electron chi connectivity index (χ1n) is 19.1. The quantitative estimate of drug-likeness (QED) is 0.177. The van der Waals surface area contributed by atoms with E-state index in [1.165, 1.54) is 49.5 Å². The first-order chi connectivity index (χ1) is 27.0. The highest BCUT2D eigenvalue weighted by Crippen LogP contribution is 2.53. The van der Waals surface area contributed by atoms with Gasteiger partial charge in [0.05, 0.1) is 5.69 Å². The van der Waals surface area contributed by atoms with Gasteiger partial charge in [0.1, 0.15) is 5.58 Å². The van der Waals surface area contributed by atoms with Gasteiger partial charge >= 0.3 is 0 Å². The molecule has 10 aromatic rings. The summed E-state index contributed by atoms with van der Waals surface area (Å²) in [5.41, 5.74) is 14.7. The van der Waals surface area contributed by atoms with Crippen LogP contribution in [0.3, 0.4) is 0 Å². The molecule has 0 fully saturated rings. The summed E-state index contributed by atoms with van der Waals surface area (Å²) in [6.45, 7) is 4.71. The maximum Gasteiger partial charge on any atom is 0.160 e. The van der Waals surface area contributed by atoms with Gasteiger partial charge in [-0.15, -0.1) is 0 Å². The van der Waals surface area contributed by atoms with Crippen LogP contribution in [0.15, 0.2) is 192 Å². The molecular formula is C53H37NO. The summed E-state index contributed by atoms with van der Waals surface area (Å²) in [6, 6.07) is 68.3. The van der Waals surface area contributed by atoms with E-state index in [0.29, 0.717) is 0 Å². The van der Waals surface area contributed by atoms with E-state index in [9.17, 15) is 0 Å². The molecule has 1 aliphatic rings. The fraction of sp³-hybridized carbons (Fsp3) is 0.0566. The number of anilines is 3. The molecule has 0 saturated heterocycles. The van der Waals surface area contributed by atoms with Gasteiger partial charge in [-0.05, 0) is 91.5 Å². The third kappa shape index (κ3) is 4.81.